The molecule has 0 atom stereocenters. The lowest BCUT2D eigenvalue weighted by Crippen LogP contribution is -2.44. The van der Waals surface area contributed by atoms with Crippen molar-refractivity contribution in [3.05, 3.63) is 46.2 Å². The molecule has 0 bridgehead atoms. The van der Waals surface area contributed by atoms with Crippen LogP contribution in [-0.2, 0) is 0 Å². The molecule has 2 aliphatic rings. The van der Waals surface area contributed by atoms with E-state index in [4.69, 9.17) is 11.6 Å². The number of piperidine rings is 1. The molecule has 1 aromatic heterocycles. The molecule has 7 heteroatoms. The number of amides is 1. The summed E-state index contributed by atoms with van der Waals surface area (Å²) < 4.78 is 1.91. The highest BCUT2D eigenvalue weighted by molar-refractivity contribution is 6.31. The fraction of sp³-hybridized carbons (Fsp3) is 0.500. The van der Waals surface area contributed by atoms with Crippen LogP contribution in [0.15, 0.2) is 24.4 Å². The molecule has 1 aliphatic heterocycles. The predicted molar refractivity (Wildman–Crippen MR) is 111 cm³/mol. The lowest BCUT2D eigenvalue weighted by atomic mass is 10.0. The molecule has 0 radical (unpaired) electrons. The molecular weight excluding hydrogens is 383 g/mol. The number of nitrogens with one attached hydrogen (secondary N) is 1. The van der Waals surface area contributed by atoms with Crippen molar-refractivity contribution in [2.45, 2.75) is 44.6 Å². The lowest BCUT2D eigenvalue weighted by molar-refractivity contribution is 0.0706. The summed E-state index contributed by atoms with van der Waals surface area (Å²) in [7, 11) is 1.99. The van der Waals surface area contributed by atoms with Crippen molar-refractivity contribution in [1.29, 1.82) is 0 Å². The molecule has 0 spiro atoms. The van der Waals surface area contributed by atoms with E-state index >= 15 is 0 Å². The first kappa shape index (κ1) is 20.2. The van der Waals surface area contributed by atoms with Crippen molar-refractivity contribution in [2.75, 3.05) is 20.1 Å². The number of likely N-dealkylation sites (tertiary alicyclic amines) is 1. The van der Waals surface area contributed by atoms with E-state index in [9.17, 15) is 4.79 Å². The molecule has 146 valence electrons. The van der Waals surface area contributed by atoms with E-state index in [1.807, 2.05) is 41.8 Å². The smallest absolute Gasteiger partial charge is 0.257 e. The van der Waals surface area contributed by atoms with Crippen LogP contribution in [0.25, 0.3) is 5.69 Å². The van der Waals surface area contributed by atoms with Gasteiger partial charge in [-0.15, -0.1) is 12.4 Å². The number of nitrogens with zero attached hydrogens (tertiary/aromatic N) is 3. The van der Waals surface area contributed by atoms with Crippen molar-refractivity contribution in [3.63, 3.8) is 0 Å². The maximum absolute atomic E-state index is 13.1. The second-order valence-electron chi connectivity index (χ2n) is 7.42. The Bertz CT molecular complexity index is 823. The zero-order valence-electron chi connectivity index (χ0n) is 15.7. The van der Waals surface area contributed by atoms with Crippen LogP contribution >= 0.6 is 24.0 Å². The van der Waals surface area contributed by atoms with E-state index in [0.29, 0.717) is 12.0 Å². The molecule has 0 unspecified atom stereocenters. The van der Waals surface area contributed by atoms with Crippen LogP contribution in [0.3, 0.4) is 0 Å². The SMILES string of the molecule is CNC1CCN(C(=O)c2cnn(-c3ccc(C)c(Cl)c3)c2C2CC2)CC1.Cl. The van der Waals surface area contributed by atoms with E-state index in [1.54, 1.807) is 6.20 Å². The van der Waals surface area contributed by atoms with Gasteiger partial charge in [0, 0.05) is 30.1 Å². The Morgan fingerprint density at radius 3 is 2.52 bits per heavy atom. The summed E-state index contributed by atoms with van der Waals surface area (Å²) in [5, 5.41) is 8.60. The summed E-state index contributed by atoms with van der Waals surface area (Å²) in [6.45, 7) is 3.59. The normalized spacial score (nSPS) is 17.7. The van der Waals surface area contributed by atoms with Crippen molar-refractivity contribution < 1.29 is 4.79 Å². The van der Waals surface area contributed by atoms with Crippen LogP contribution in [0.2, 0.25) is 5.02 Å². The number of halogens is 2. The molecule has 5 nitrogen and oxygen atoms in total. The third kappa shape index (κ3) is 4.00. The molecule has 1 aromatic carbocycles. The molecule has 2 aromatic rings. The first-order valence-corrected chi connectivity index (χ1v) is 9.77. The average Bonchev–Trinajstić information content (AvgIpc) is 3.41. The highest BCUT2D eigenvalue weighted by Crippen LogP contribution is 2.43. The Balaban J connectivity index is 0.00000210. The summed E-state index contributed by atoms with van der Waals surface area (Å²) in [5.41, 5.74) is 3.77. The molecule has 2 fully saturated rings. The molecule has 1 saturated heterocycles. The molecule has 1 saturated carbocycles. The fourth-order valence-electron chi connectivity index (χ4n) is 3.73. The van der Waals surface area contributed by atoms with Gasteiger partial charge in [0.05, 0.1) is 23.1 Å². The quantitative estimate of drug-likeness (QED) is 0.832. The molecule has 4 rings (SSSR count). The average molecular weight is 409 g/mol. The van der Waals surface area contributed by atoms with Gasteiger partial charge in [0.25, 0.3) is 5.91 Å². The molecule has 27 heavy (non-hydrogen) atoms. The molecular formula is C20H26Cl2N4O. The van der Waals surface area contributed by atoms with Crippen LogP contribution in [0.5, 0.6) is 0 Å². The van der Waals surface area contributed by atoms with Gasteiger partial charge in [-0.3, -0.25) is 4.79 Å². The first-order valence-electron chi connectivity index (χ1n) is 9.39. The van der Waals surface area contributed by atoms with Gasteiger partial charge in [-0.1, -0.05) is 17.7 Å². The third-order valence-electron chi connectivity index (χ3n) is 5.59. The third-order valence-corrected chi connectivity index (χ3v) is 6.00. The van der Waals surface area contributed by atoms with E-state index < -0.39 is 0 Å². The second kappa shape index (κ2) is 8.21. The van der Waals surface area contributed by atoms with E-state index in [0.717, 1.165) is 66.3 Å². The fourth-order valence-corrected chi connectivity index (χ4v) is 3.91. The zero-order valence-corrected chi connectivity index (χ0v) is 17.3. The Morgan fingerprint density at radius 1 is 1.22 bits per heavy atom. The topological polar surface area (TPSA) is 50.2 Å². The summed E-state index contributed by atoms with van der Waals surface area (Å²) >= 11 is 6.31. The number of carbonyl (C=O) groups is 1. The Kier molecular flexibility index (Phi) is 6.14. The van der Waals surface area contributed by atoms with Crippen molar-refractivity contribution in [3.8, 4) is 5.69 Å². The maximum atomic E-state index is 13.1. The van der Waals surface area contributed by atoms with Gasteiger partial charge in [-0.05, 0) is 57.4 Å². The minimum Gasteiger partial charge on any atom is -0.338 e. The number of hydrogen-bond donors (Lipinski definition) is 1. The van der Waals surface area contributed by atoms with Crippen molar-refractivity contribution in [2.24, 2.45) is 0 Å². The van der Waals surface area contributed by atoms with E-state index in [1.165, 1.54) is 0 Å². The van der Waals surface area contributed by atoms with Crippen molar-refractivity contribution in [1.82, 2.24) is 20.0 Å². The maximum Gasteiger partial charge on any atom is 0.257 e. The highest BCUT2D eigenvalue weighted by atomic mass is 35.5. The molecule has 1 amide bonds. The second-order valence-corrected chi connectivity index (χ2v) is 7.83. The molecule has 1 N–H and O–H groups in total. The number of benzene rings is 1. The van der Waals surface area contributed by atoms with Crippen LogP contribution in [0.4, 0.5) is 0 Å². The Labute approximate surface area is 171 Å². The molecule has 1 aliphatic carbocycles. The number of rotatable bonds is 4. The van der Waals surface area contributed by atoms with Gasteiger partial charge in [0.15, 0.2) is 0 Å². The van der Waals surface area contributed by atoms with Gasteiger partial charge >= 0.3 is 0 Å². The highest BCUT2D eigenvalue weighted by Gasteiger charge is 2.35. The zero-order chi connectivity index (χ0) is 18.3. The minimum absolute atomic E-state index is 0. The van der Waals surface area contributed by atoms with Gasteiger partial charge in [-0.2, -0.15) is 5.10 Å². The summed E-state index contributed by atoms with van der Waals surface area (Å²) in [6.07, 6.45) is 5.99. The monoisotopic (exact) mass is 408 g/mol. The number of carbonyl (C=O) groups excluding carboxylic acids is 1. The number of aryl methyl sites for hydroxylation is 1. The predicted octanol–water partition coefficient (Wildman–Crippen LogP) is 3.96. The van der Waals surface area contributed by atoms with Gasteiger partial charge in [-0.25, -0.2) is 4.68 Å². The Hall–Kier alpha value is -1.56. The minimum atomic E-state index is 0. The van der Waals surface area contributed by atoms with Crippen LogP contribution in [-0.4, -0.2) is 46.8 Å². The lowest BCUT2D eigenvalue weighted by Gasteiger charge is -2.31. The molecule has 2 heterocycles. The number of hydrogen-bond acceptors (Lipinski definition) is 3. The first-order chi connectivity index (χ1) is 12.6. The Morgan fingerprint density at radius 2 is 1.93 bits per heavy atom. The largest absolute Gasteiger partial charge is 0.338 e. The standard InChI is InChI=1S/C20H25ClN4O.ClH/c1-13-3-6-16(11-18(13)21)25-19(14-4-5-14)17(12-23-25)20(26)24-9-7-15(22-2)8-10-24;/h3,6,11-12,14-15,22H,4-5,7-10H2,1-2H3;1H. The summed E-state index contributed by atoms with van der Waals surface area (Å²) in [5.74, 6) is 0.539. The van der Waals surface area contributed by atoms with E-state index in [-0.39, 0.29) is 18.3 Å². The van der Waals surface area contributed by atoms with Crippen LogP contribution in [0, 0.1) is 6.92 Å². The van der Waals surface area contributed by atoms with Crippen molar-refractivity contribution >= 4 is 29.9 Å². The van der Waals surface area contributed by atoms with E-state index in [2.05, 4.69) is 10.4 Å². The number of aromatic nitrogens is 2. The summed E-state index contributed by atoms with van der Waals surface area (Å²) in [4.78, 5) is 15.1. The van der Waals surface area contributed by atoms with Gasteiger partial charge < -0.3 is 10.2 Å². The summed E-state index contributed by atoms with van der Waals surface area (Å²) in [6, 6.07) is 6.47. The van der Waals surface area contributed by atoms with Gasteiger partial charge in [0.1, 0.15) is 0 Å². The van der Waals surface area contributed by atoms with Crippen LogP contribution in [0.1, 0.15) is 53.2 Å². The van der Waals surface area contributed by atoms with Gasteiger partial charge in [0.2, 0.25) is 0 Å². The van der Waals surface area contributed by atoms with Crippen LogP contribution < -0.4 is 5.32 Å².